The Balaban J connectivity index is 1.44. The lowest BCUT2D eigenvalue weighted by Crippen LogP contribution is -2.56. The van der Waals surface area contributed by atoms with Crippen LogP contribution in [0.3, 0.4) is 0 Å². The zero-order valence-electron chi connectivity index (χ0n) is 20.2. The lowest BCUT2D eigenvalue weighted by atomic mass is 9.46. The first-order valence-corrected chi connectivity index (χ1v) is 12.8. The molecule has 3 aliphatic carbocycles. The normalized spacial score (nSPS) is 53.7. The highest BCUT2D eigenvalue weighted by atomic mass is 16.5. The average molecular weight is 413 g/mol. The monoisotopic (exact) mass is 412 g/mol. The van der Waals surface area contributed by atoms with Gasteiger partial charge >= 0.3 is 0 Å². The van der Waals surface area contributed by atoms with Crippen LogP contribution in [0.2, 0.25) is 0 Å². The van der Waals surface area contributed by atoms with Crippen LogP contribution < -0.4 is 0 Å². The van der Waals surface area contributed by atoms with Crippen LogP contribution >= 0.6 is 0 Å². The van der Waals surface area contributed by atoms with E-state index >= 15 is 0 Å². The third-order valence-corrected chi connectivity index (χ3v) is 11.1. The minimum Gasteiger partial charge on any atom is -0.393 e. The molecule has 168 valence electrons. The lowest BCUT2D eigenvalue weighted by Gasteiger charge is -2.56. The van der Waals surface area contributed by atoms with Crippen LogP contribution in [0.5, 0.6) is 0 Å². The zero-order valence-corrected chi connectivity index (χ0v) is 20.2. The van der Waals surface area contributed by atoms with Gasteiger partial charge in [-0.1, -0.05) is 65.8 Å². The van der Waals surface area contributed by atoms with Crippen LogP contribution in [0.1, 0.15) is 86.5 Å². The van der Waals surface area contributed by atoms with Gasteiger partial charge in [-0.15, -0.1) is 0 Å². The summed E-state index contributed by atoms with van der Waals surface area (Å²) in [6, 6.07) is 0. The largest absolute Gasteiger partial charge is 0.393 e. The second-order valence-corrected chi connectivity index (χ2v) is 12.7. The second kappa shape index (κ2) is 6.70. The fraction of sp³-hybridized carbons (Fsp3) is 0.857. The van der Waals surface area contributed by atoms with E-state index in [4.69, 9.17) is 4.74 Å². The Hall–Kier alpha value is -0.600. The van der Waals surface area contributed by atoms with Crippen molar-refractivity contribution in [2.75, 3.05) is 0 Å². The van der Waals surface area contributed by atoms with Crippen molar-refractivity contribution in [3.05, 3.63) is 24.3 Å². The number of fused-ring (bicyclic) bond motifs is 2. The molecule has 0 radical (unpaired) electrons. The predicted molar refractivity (Wildman–Crippen MR) is 123 cm³/mol. The van der Waals surface area contributed by atoms with Crippen molar-refractivity contribution in [3.8, 4) is 0 Å². The van der Waals surface area contributed by atoms with E-state index in [1.807, 2.05) is 0 Å². The van der Waals surface area contributed by atoms with E-state index in [0.717, 1.165) is 25.2 Å². The van der Waals surface area contributed by atoms with Gasteiger partial charge in [0.25, 0.3) is 0 Å². The van der Waals surface area contributed by atoms with E-state index in [-0.39, 0.29) is 22.7 Å². The summed E-state index contributed by atoms with van der Waals surface area (Å²) >= 11 is 0. The molecule has 1 N–H and O–H groups in total. The molecule has 0 aromatic carbocycles. The first kappa shape index (κ1) is 21.3. The summed E-state index contributed by atoms with van der Waals surface area (Å²) in [6.45, 7) is 14.5. The van der Waals surface area contributed by atoms with Crippen LogP contribution in [-0.2, 0) is 4.74 Å². The molecule has 4 fully saturated rings. The molecular formula is C28H44O2. The number of aliphatic hydroxyl groups is 1. The number of hydrogen-bond acceptors (Lipinski definition) is 2. The van der Waals surface area contributed by atoms with E-state index in [1.165, 1.54) is 25.7 Å². The van der Waals surface area contributed by atoms with Gasteiger partial charge in [-0.25, -0.2) is 0 Å². The zero-order chi connectivity index (χ0) is 21.5. The summed E-state index contributed by atoms with van der Waals surface area (Å²) in [5.41, 5.74) is 0.282. The third kappa shape index (κ3) is 2.56. The fourth-order valence-corrected chi connectivity index (χ4v) is 8.95. The highest BCUT2D eigenvalue weighted by Crippen LogP contribution is 2.75. The summed E-state index contributed by atoms with van der Waals surface area (Å²) in [4.78, 5) is 0. The van der Waals surface area contributed by atoms with Gasteiger partial charge in [-0.2, -0.15) is 0 Å². The number of hydrogen-bond donors (Lipinski definition) is 1. The maximum absolute atomic E-state index is 10.5. The molecule has 0 aromatic rings. The van der Waals surface area contributed by atoms with Crippen LogP contribution in [0.4, 0.5) is 0 Å². The molecule has 30 heavy (non-hydrogen) atoms. The summed E-state index contributed by atoms with van der Waals surface area (Å²) in [5.74, 6) is 4.00. The predicted octanol–water partition coefficient (Wildman–Crippen LogP) is 6.54. The minimum atomic E-state index is -0.211. The Morgan fingerprint density at radius 2 is 1.70 bits per heavy atom. The van der Waals surface area contributed by atoms with E-state index in [2.05, 4.69) is 65.8 Å². The minimum absolute atomic E-state index is 0.0742. The topological polar surface area (TPSA) is 29.5 Å². The molecule has 0 unspecified atom stereocenters. The molecule has 2 nitrogen and oxygen atoms in total. The summed E-state index contributed by atoms with van der Waals surface area (Å²) in [6.07, 6.45) is 17.8. The highest BCUT2D eigenvalue weighted by Gasteiger charge is 2.76. The first-order chi connectivity index (χ1) is 14.1. The molecule has 5 aliphatic rings. The van der Waals surface area contributed by atoms with Gasteiger partial charge in [0.05, 0.1) is 17.3 Å². The molecule has 0 aromatic heterocycles. The Morgan fingerprint density at radius 3 is 2.43 bits per heavy atom. The number of aliphatic hydroxyl groups excluding tert-OH is 1. The highest BCUT2D eigenvalue weighted by molar-refractivity contribution is 5.38. The van der Waals surface area contributed by atoms with Gasteiger partial charge in [0, 0.05) is 17.8 Å². The average Bonchev–Trinajstić information content (AvgIpc) is 3.29. The van der Waals surface area contributed by atoms with Gasteiger partial charge in [0.2, 0.25) is 0 Å². The van der Waals surface area contributed by atoms with Crippen molar-refractivity contribution >= 4 is 0 Å². The summed E-state index contributed by atoms with van der Waals surface area (Å²) < 4.78 is 7.18. The van der Waals surface area contributed by atoms with Gasteiger partial charge in [0.15, 0.2) is 0 Å². The molecule has 0 amide bonds. The van der Waals surface area contributed by atoms with Crippen molar-refractivity contribution in [2.45, 2.75) is 104 Å². The molecule has 2 aliphatic heterocycles. The first-order valence-electron chi connectivity index (χ1n) is 12.8. The maximum Gasteiger partial charge on any atom is 0.0957 e. The molecule has 2 bridgehead atoms. The standard InChI is InChI=1S/C28H44O2/c1-18(2)19(3)7-8-20(4)22-9-10-23-25(22,5)13-12-24-26(6)14-11-21(29)17-27(26)15-16-28(23,24)30-27/h7-8,15-16,18-24,29H,9-14,17H2,1-6H3/b8-7+/t19-,20+,21-,22+,23+,24+,25+,26+,27+,28-/m0/s1. The van der Waals surface area contributed by atoms with Crippen molar-refractivity contribution < 1.29 is 9.84 Å². The van der Waals surface area contributed by atoms with E-state index < -0.39 is 0 Å². The van der Waals surface area contributed by atoms with Gasteiger partial charge in [-0.3, -0.25) is 0 Å². The molecule has 2 heterocycles. The Kier molecular flexibility index (Phi) is 4.75. The van der Waals surface area contributed by atoms with Crippen LogP contribution in [0.25, 0.3) is 0 Å². The SMILES string of the molecule is CC(C)[C@@H](C)/C=C/[C@@H](C)[C@H]1CC[C@@H]2[C@]1(C)CC[C@H]1[C@]23C=C[C@]2(C[C@@H](O)CC[C@]12C)O3. The van der Waals surface area contributed by atoms with Gasteiger partial charge in [0.1, 0.15) is 0 Å². The fourth-order valence-electron chi connectivity index (χ4n) is 8.95. The summed E-state index contributed by atoms with van der Waals surface area (Å²) in [5, 5.41) is 10.5. The van der Waals surface area contributed by atoms with Gasteiger partial charge < -0.3 is 9.84 Å². The van der Waals surface area contributed by atoms with Crippen molar-refractivity contribution in [2.24, 2.45) is 46.3 Å². The quantitative estimate of drug-likeness (QED) is 0.531. The number of allylic oxidation sites excluding steroid dienone is 2. The van der Waals surface area contributed by atoms with E-state index in [1.54, 1.807) is 0 Å². The Labute approximate surface area is 184 Å². The summed E-state index contributed by atoms with van der Waals surface area (Å²) in [7, 11) is 0. The van der Waals surface area contributed by atoms with Crippen LogP contribution in [0.15, 0.2) is 24.3 Å². The van der Waals surface area contributed by atoms with Crippen LogP contribution in [0, 0.1) is 46.3 Å². The number of rotatable bonds is 4. The molecule has 5 rings (SSSR count). The molecule has 10 atom stereocenters. The Bertz CT molecular complexity index is 754. The van der Waals surface area contributed by atoms with Gasteiger partial charge in [-0.05, 0) is 73.5 Å². The van der Waals surface area contributed by atoms with E-state index in [0.29, 0.717) is 35.0 Å². The molecule has 2 heteroatoms. The second-order valence-electron chi connectivity index (χ2n) is 12.7. The molecular weight excluding hydrogens is 368 g/mol. The number of ether oxygens (including phenoxy) is 1. The maximum atomic E-state index is 10.5. The molecule has 2 spiro atoms. The third-order valence-electron chi connectivity index (χ3n) is 11.1. The van der Waals surface area contributed by atoms with E-state index in [9.17, 15) is 5.11 Å². The smallest absolute Gasteiger partial charge is 0.0957 e. The van der Waals surface area contributed by atoms with Crippen molar-refractivity contribution in [3.63, 3.8) is 0 Å². The lowest BCUT2D eigenvalue weighted by molar-refractivity contribution is -0.142. The Morgan fingerprint density at radius 1 is 0.933 bits per heavy atom. The van der Waals surface area contributed by atoms with Crippen molar-refractivity contribution in [1.29, 1.82) is 0 Å². The van der Waals surface area contributed by atoms with Crippen LogP contribution in [-0.4, -0.2) is 22.4 Å². The molecule has 3 saturated carbocycles. The van der Waals surface area contributed by atoms with Crippen molar-refractivity contribution in [1.82, 2.24) is 0 Å². The molecule has 1 saturated heterocycles.